The lowest BCUT2D eigenvalue weighted by molar-refractivity contribution is -0.870. The van der Waals surface area contributed by atoms with Crippen LogP contribution in [0.25, 0.3) is 0 Å². The van der Waals surface area contributed by atoms with Crippen molar-refractivity contribution in [3.63, 3.8) is 0 Å². The molecule has 0 bridgehead atoms. The summed E-state index contributed by atoms with van der Waals surface area (Å²) in [4.78, 5) is 35.4. The molecule has 0 aromatic heterocycles. The molecule has 0 aliphatic carbocycles. The molecule has 3 unspecified atom stereocenters. The quantitative estimate of drug-likeness (QED) is 0.0160. The van der Waals surface area contributed by atoms with Crippen LogP contribution in [0, 0.1) is 0 Å². The topological polar surface area (TPSA) is 121 Å². The zero-order chi connectivity index (χ0) is 44.7. The van der Waals surface area contributed by atoms with E-state index < -0.39 is 32.5 Å². The summed E-state index contributed by atoms with van der Waals surface area (Å²) in [5.74, 6) is -0.914. The van der Waals surface area contributed by atoms with Crippen LogP contribution in [0.15, 0.2) is 85.1 Å². The van der Waals surface area contributed by atoms with Gasteiger partial charge in [0.15, 0.2) is 6.10 Å². The number of allylic oxidation sites excluding steroid dienone is 12. The summed E-state index contributed by atoms with van der Waals surface area (Å²) in [6.07, 6.45) is 50.9. The Morgan fingerprint density at radius 2 is 1.05 bits per heavy atom. The second-order valence-electron chi connectivity index (χ2n) is 16.8. The number of phosphoric ester groups is 1. The van der Waals surface area contributed by atoms with Gasteiger partial charge in [-0.05, 0) is 96.3 Å². The minimum Gasteiger partial charge on any atom is -0.462 e. The maximum Gasteiger partial charge on any atom is 0.472 e. The smallest absolute Gasteiger partial charge is 0.462 e. The van der Waals surface area contributed by atoms with E-state index in [-0.39, 0.29) is 26.1 Å². The van der Waals surface area contributed by atoms with Gasteiger partial charge in [-0.1, -0.05) is 131 Å². The standard InChI is InChI=1S/C50H84NO9P/c1-6-8-10-12-14-15-16-17-18-19-20-21-22-23-24-25-28-33-37-41-50(53)59-46(45-58-61(54,55)57-43-42-51(3,4)5)44-56-49(52)40-36-32-29-26-27-31-35-39-48-47(60-48)38-34-30-13-11-9-7-2/h14-15,17-18,20-21,23-24,26,29-31,34-35,46-48H,6-13,16,19,22,25,27-28,32-33,36-45H2,1-5H3/p+1/b15-14-,18-17-,21-20-,24-23-,29-26-,34-30-,35-31-/t46-,47?,48?/m1/s1. The minimum atomic E-state index is -4.41. The second kappa shape index (κ2) is 37.7. The van der Waals surface area contributed by atoms with E-state index in [9.17, 15) is 19.0 Å². The molecule has 0 aromatic carbocycles. The lowest BCUT2D eigenvalue weighted by Gasteiger charge is -2.24. The van der Waals surface area contributed by atoms with Gasteiger partial charge < -0.3 is 23.6 Å². The van der Waals surface area contributed by atoms with E-state index in [0.29, 0.717) is 36.1 Å². The molecule has 4 atom stereocenters. The maximum absolute atomic E-state index is 12.7. The van der Waals surface area contributed by atoms with Gasteiger partial charge >= 0.3 is 19.8 Å². The Bertz CT molecular complexity index is 1380. The molecule has 0 aromatic rings. The number of epoxide rings is 1. The summed E-state index contributed by atoms with van der Waals surface area (Å²) in [7, 11) is 1.40. The van der Waals surface area contributed by atoms with E-state index in [1.165, 1.54) is 44.9 Å². The molecule has 0 spiro atoms. The first-order valence-electron chi connectivity index (χ1n) is 23.4. The van der Waals surface area contributed by atoms with Crippen molar-refractivity contribution >= 4 is 19.8 Å². The predicted molar refractivity (Wildman–Crippen MR) is 251 cm³/mol. The van der Waals surface area contributed by atoms with Crippen molar-refractivity contribution in [1.29, 1.82) is 0 Å². The highest BCUT2D eigenvalue weighted by atomic mass is 31.2. The van der Waals surface area contributed by atoms with Gasteiger partial charge in [-0.3, -0.25) is 18.6 Å². The van der Waals surface area contributed by atoms with Crippen LogP contribution < -0.4 is 0 Å². The lowest BCUT2D eigenvalue weighted by Crippen LogP contribution is -2.37. The number of carbonyl (C=O) groups excluding carboxylic acids is 2. The van der Waals surface area contributed by atoms with Crippen molar-refractivity contribution in [2.75, 3.05) is 47.5 Å². The van der Waals surface area contributed by atoms with E-state index in [1.54, 1.807) is 0 Å². The highest BCUT2D eigenvalue weighted by Crippen LogP contribution is 2.43. The van der Waals surface area contributed by atoms with Crippen LogP contribution in [0.1, 0.15) is 155 Å². The molecule has 1 heterocycles. The Morgan fingerprint density at radius 1 is 0.590 bits per heavy atom. The molecule has 1 N–H and O–H groups in total. The Morgan fingerprint density at radius 3 is 1.59 bits per heavy atom. The molecule has 348 valence electrons. The molecule has 1 fully saturated rings. The summed E-state index contributed by atoms with van der Waals surface area (Å²) in [6.45, 7) is 4.23. The van der Waals surface area contributed by atoms with Crippen LogP contribution in [0.2, 0.25) is 0 Å². The SMILES string of the molecule is CCCCC/C=C\C/C=C\C/C=C\C/C=C\CCCCCC(=O)O[C@H](COC(=O)CCC/C=C\C/C=C\CC1OC1C/C=C\CCCCC)COP(=O)(O)OCC[N+](C)(C)C. The number of unbranched alkanes of at least 4 members (excludes halogenated alkanes) is 10. The highest BCUT2D eigenvalue weighted by Gasteiger charge is 2.36. The fourth-order valence-corrected chi connectivity index (χ4v) is 6.71. The van der Waals surface area contributed by atoms with E-state index in [0.717, 1.165) is 70.6 Å². The highest BCUT2D eigenvalue weighted by molar-refractivity contribution is 7.47. The van der Waals surface area contributed by atoms with Crippen molar-refractivity contribution in [3.8, 4) is 0 Å². The molecule has 11 heteroatoms. The summed E-state index contributed by atoms with van der Waals surface area (Å²) >= 11 is 0. The van der Waals surface area contributed by atoms with Crippen LogP contribution in [-0.4, -0.2) is 87.1 Å². The fraction of sp³-hybridized carbons (Fsp3) is 0.680. The number of likely N-dealkylation sites (N-methyl/N-ethyl adjacent to an activating group) is 1. The largest absolute Gasteiger partial charge is 0.472 e. The van der Waals surface area contributed by atoms with Gasteiger partial charge in [-0.15, -0.1) is 0 Å². The Labute approximate surface area is 371 Å². The third-order valence-electron chi connectivity index (χ3n) is 9.80. The number of phosphoric acid groups is 1. The van der Waals surface area contributed by atoms with Crippen LogP contribution in [-0.2, 0) is 37.4 Å². The second-order valence-corrected chi connectivity index (χ2v) is 18.3. The Balaban J connectivity index is 2.34. The van der Waals surface area contributed by atoms with E-state index in [1.807, 2.05) is 21.1 Å². The van der Waals surface area contributed by atoms with Gasteiger partial charge in [0.25, 0.3) is 0 Å². The number of nitrogens with zero attached hydrogens (tertiary/aromatic N) is 1. The summed E-state index contributed by atoms with van der Waals surface area (Å²) in [5, 5.41) is 0. The number of hydrogen-bond acceptors (Lipinski definition) is 8. The van der Waals surface area contributed by atoms with Crippen LogP contribution in [0.3, 0.4) is 0 Å². The average Bonchev–Trinajstić information content (AvgIpc) is 3.97. The van der Waals surface area contributed by atoms with Crippen LogP contribution >= 0.6 is 7.82 Å². The Hall–Kier alpha value is -2.85. The maximum atomic E-state index is 12.7. The number of quaternary nitrogens is 1. The van der Waals surface area contributed by atoms with Crippen molar-refractivity contribution in [2.24, 2.45) is 0 Å². The van der Waals surface area contributed by atoms with Crippen LogP contribution in [0.5, 0.6) is 0 Å². The number of hydrogen-bond donors (Lipinski definition) is 1. The number of rotatable bonds is 40. The molecule has 1 saturated heterocycles. The normalized spacial score (nSPS) is 17.6. The number of ether oxygens (including phenoxy) is 3. The van der Waals surface area contributed by atoms with Crippen LogP contribution in [0.4, 0.5) is 0 Å². The van der Waals surface area contributed by atoms with Crippen molar-refractivity contribution in [2.45, 2.75) is 173 Å². The average molecular weight is 875 g/mol. The Kier molecular flexibility index (Phi) is 34.7. The summed E-state index contributed by atoms with van der Waals surface area (Å²) in [6, 6.07) is 0. The first kappa shape index (κ1) is 56.2. The zero-order valence-corrected chi connectivity index (χ0v) is 39.7. The van der Waals surface area contributed by atoms with Gasteiger partial charge in [0.1, 0.15) is 19.8 Å². The zero-order valence-electron chi connectivity index (χ0n) is 38.8. The monoisotopic (exact) mass is 875 g/mol. The molecule has 1 aliphatic rings. The minimum absolute atomic E-state index is 0.00964. The van der Waals surface area contributed by atoms with E-state index in [4.69, 9.17) is 23.3 Å². The van der Waals surface area contributed by atoms with Crippen molar-refractivity contribution in [1.82, 2.24) is 0 Å². The van der Waals surface area contributed by atoms with Crippen molar-refractivity contribution in [3.05, 3.63) is 85.1 Å². The molecule has 1 rings (SSSR count). The fourth-order valence-electron chi connectivity index (χ4n) is 5.97. The van der Waals surface area contributed by atoms with Gasteiger partial charge in [0.2, 0.25) is 0 Å². The molecule has 61 heavy (non-hydrogen) atoms. The molecular formula is C50H85NO9P+. The molecule has 0 saturated carbocycles. The third kappa shape index (κ3) is 38.5. The molecule has 10 nitrogen and oxygen atoms in total. The molecular weight excluding hydrogens is 790 g/mol. The number of esters is 2. The molecule has 0 radical (unpaired) electrons. The molecule has 1 aliphatic heterocycles. The van der Waals surface area contributed by atoms with Crippen molar-refractivity contribution < 1.29 is 46.8 Å². The number of carbonyl (C=O) groups is 2. The summed E-state index contributed by atoms with van der Waals surface area (Å²) in [5.41, 5.74) is 0. The lowest BCUT2D eigenvalue weighted by atomic mass is 10.1. The third-order valence-corrected chi connectivity index (χ3v) is 10.8. The van der Waals surface area contributed by atoms with Gasteiger partial charge in [-0.2, -0.15) is 0 Å². The first-order valence-corrected chi connectivity index (χ1v) is 24.9. The van der Waals surface area contributed by atoms with E-state index in [2.05, 4.69) is 98.9 Å². The van der Waals surface area contributed by atoms with E-state index >= 15 is 0 Å². The predicted octanol–water partition coefficient (Wildman–Crippen LogP) is 12.6. The van der Waals surface area contributed by atoms with Gasteiger partial charge in [-0.25, -0.2) is 4.57 Å². The molecule has 0 amide bonds. The summed E-state index contributed by atoms with van der Waals surface area (Å²) < 4.78 is 40.0. The van der Waals surface area contributed by atoms with Gasteiger partial charge in [0.05, 0.1) is 40.0 Å². The first-order chi connectivity index (χ1) is 29.5. The van der Waals surface area contributed by atoms with Gasteiger partial charge in [0, 0.05) is 12.8 Å².